The predicted molar refractivity (Wildman–Crippen MR) is 146 cm³/mol. The molecule has 3 aromatic rings. The quantitative estimate of drug-likeness (QED) is 0.0483. The predicted octanol–water partition coefficient (Wildman–Crippen LogP) is -7.16. The number of anilines is 1. The molecule has 264 valence electrons. The van der Waals surface area contributed by atoms with Gasteiger partial charge in [0.05, 0.1) is 19.5 Å². The van der Waals surface area contributed by atoms with Crippen molar-refractivity contribution in [3.63, 3.8) is 0 Å². The number of phosphoric acid groups is 3. The molecule has 5 rings (SSSR count). The third-order valence-electron chi connectivity index (χ3n) is 6.96. The molecule has 0 aliphatic carbocycles. The van der Waals surface area contributed by atoms with Crippen LogP contribution in [0, 0.1) is 0 Å². The minimum Gasteiger partial charge on any atom is -0.756 e. The summed E-state index contributed by atoms with van der Waals surface area (Å²) in [5, 5.41) is 31.4. The van der Waals surface area contributed by atoms with E-state index in [1.807, 2.05) is 0 Å². The normalized spacial score (nSPS) is 29.7. The smallest absolute Gasteiger partial charge is 0.756 e. The Labute approximate surface area is 296 Å². The van der Waals surface area contributed by atoms with Crippen molar-refractivity contribution in [2.45, 2.75) is 49.1 Å². The standard InChI is InChI=1S/C21H28N7O17P3.Na/c22-17-12-19(25-7-24-17)28(8-26-12)21-16(44-46(33,34)35)14(30)11(43-21)6-41-48(38,39)45-47(36,37)40-5-10-13(29)15(31)20(42-10)27-3-1-2-9(4-27)18(23)32;/h1-4,7-8,10-11,13-16,20-21,29-31H,5-6H2,(H7-,22,23,24,25,32,33,34,35,36,37,38,39);/q;+1/p-1/t10-,11+,13+,14+,15+,16-,20+,21-;/m1./s1. The van der Waals surface area contributed by atoms with Gasteiger partial charge in [-0.15, -0.1) is 0 Å². The van der Waals surface area contributed by atoms with E-state index in [-0.39, 0.29) is 52.1 Å². The van der Waals surface area contributed by atoms with E-state index >= 15 is 0 Å². The van der Waals surface area contributed by atoms with Crippen LogP contribution >= 0.6 is 23.5 Å². The van der Waals surface area contributed by atoms with Gasteiger partial charge in [-0.1, -0.05) is 0 Å². The Balaban J connectivity index is 0.00000541. The summed E-state index contributed by atoms with van der Waals surface area (Å²) in [6.45, 7) is -2.21. The summed E-state index contributed by atoms with van der Waals surface area (Å²) in [7, 11) is -16.9. The molecule has 3 aromatic heterocycles. The number of primary amides is 1. The maximum absolute atomic E-state index is 12.4. The number of rotatable bonds is 13. The van der Waals surface area contributed by atoms with Gasteiger partial charge < -0.3 is 64.9 Å². The number of hydrogen-bond donors (Lipinski definition) is 7. The summed E-state index contributed by atoms with van der Waals surface area (Å²) in [5.74, 6) is -0.876. The topological polar surface area (TPSA) is 370 Å². The number of ether oxygens (including phenoxy) is 2. The molecule has 9 N–H and O–H groups in total. The van der Waals surface area contributed by atoms with E-state index in [9.17, 15) is 53.4 Å². The second-order valence-corrected chi connectivity index (χ2v) is 14.4. The zero-order valence-corrected chi connectivity index (χ0v) is 29.5. The fourth-order valence-electron chi connectivity index (χ4n) is 4.82. The number of imidazole rings is 1. The average Bonchev–Trinajstić information content (AvgIpc) is 3.64. The number of aliphatic hydroxyl groups excluding tert-OH is 3. The number of hydrogen-bond acceptors (Lipinski definition) is 19. The first-order chi connectivity index (χ1) is 22.4. The molecule has 49 heavy (non-hydrogen) atoms. The van der Waals surface area contributed by atoms with Gasteiger partial charge in [-0.05, 0) is 6.07 Å². The molecule has 24 nitrogen and oxygen atoms in total. The number of pyridine rings is 1. The molecule has 0 aromatic carbocycles. The summed E-state index contributed by atoms with van der Waals surface area (Å²) >= 11 is 0. The minimum atomic E-state index is -5.84. The SMILES string of the molecule is NC(=O)c1ccc[n+]([C@H]2O[C@H](COP(=O)([O-])OP(=O)([O-])OC[C@@H]3O[C@@H](n4cnc5c(N)ncnc54)[C@H](OP(=O)(O)O)[C@H]3O)[C@H](O)[C@@H]2O)c1.[Na+]. The summed E-state index contributed by atoms with van der Waals surface area (Å²) in [5.41, 5.74) is 11.0. The Morgan fingerprint density at radius 3 is 2.24 bits per heavy atom. The molecule has 2 aliphatic heterocycles. The largest absolute Gasteiger partial charge is 1.00 e. The van der Waals surface area contributed by atoms with Crippen LogP contribution in [-0.4, -0.2) is 100 Å². The summed E-state index contributed by atoms with van der Waals surface area (Å²) < 4.78 is 67.4. The third kappa shape index (κ3) is 9.33. The van der Waals surface area contributed by atoms with Gasteiger partial charge in [-0.25, -0.2) is 23.8 Å². The number of amides is 1. The Bertz CT molecular complexity index is 1820. The van der Waals surface area contributed by atoms with E-state index in [0.717, 1.165) is 17.2 Å². The van der Waals surface area contributed by atoms with Gasteiger partial charge >= 0.3 is 37.4 Å². The minimum absolute atomic E-state index is 0. The second-order valence-electron chi connectivity index (χ2n) is 10.2. The van der Waals surface area contributed by atoms with Crippen LogP contribution in [0.3, 0.4) is 0 Å². The number of nitrogens with zero attached hydrogens (tertiary/aromatic N) is 5. The molecule has 0 radical (unpaired) electrons. The molecular weight excluding hydrogens is 738 g/mol. The Morgan fingerprint density at radius 1 is 1.00 bits per heavy atom. The van der Waals surface area contributed by atoms with Crippen LogP contribution in [0.15, 0.2) is 37.2 Å². The first-order valence-electron chi connectivity index (χ1n) is 13.3. The van der Waals surface area contributed by atoms with Crippen molar-refractivity contribution in [2.24, 2.45) is 5.73 Å². The maximum atomic E-state index is 12.4. The number of aliphatic hydroxyl groups is 3. The molecular formula is C21H27N7NaO17P3. The van der Waals surface area contributed by atoms with Crippen LogP contribution in [-0.2, 0) is 41.1 Å². The van der Waals surface area contributed by atoms with E-state index in [1.165, 1.54) is 29.1 Å². The summed E-state index contributed by atoms with van der Waals surface area (Å²) in [4.78, 5) is 66.6. The van der Waals surface area contributed by atoms with Crippen LogP contribution in [0.1, 0.15) is 22.8 Å². The Kier molecular flexibility index (Phi) is 12.5. The van der Waals surface area contributed by atoms with E-state index in [1.54, 1.807) is 0 Å². The van der Waals surface area contributed by atoms with E-state index in [0.29, 0.717) is 0 Å². The molecule has 1 amide bonds. The number of nitrogen functional groups attached to an aromatic ring is 1. The van der Waals surface area contributed by atoms with Crippen LogP contribution in [0.25, 0.3) is 11.2 Å². The number of fused-ring (bicyclic) bond motifs is 1. The van der Waals surface area contributed by atoms with E-state index in [4.69, 9.17) is 20.9 Å². The van der Waals surface area contributed by atoms with Crippen molar-refractivity contribution < 1.29 is 115 Å². The van der Waals surface area contributed by atoms with Crippen molar-refractivity contribution in [1.82, 2.24) is 19.5 Å². The van der Waals surface area contributed by atoms with Crippen LogP contribution in [0.4, 0.5) is 5.82 Å². The third-order valence-corrected chi connectivity index (χ3v) is 10.0. The molecule has 5 heterocycles. The average molecular weight is 765 g/mol. The van der Waals surface area contributed by atoms with Crippen molar-refractivity contribution in [2.75, 3.05) is 18.9 Å². The zero-order valence-electron chi connectivity index (χ0n) is 24.9. The first-order valence-corrected chi connectivity index (χ1v) is 17.8. The Hall–Kier alpha value is -1.86. The van der Waals surface area contributed by atoms with Gasteiger partial charge in [0.15, 0.2) is 36.2 Å². The van der Waals surface area contributed by atoms with Crippen molar-refractivity contribution in [1.29, 1.82) is 0 Å². The van der Waals surface area contributed by atoms with Gasteiger partial charge in [-0.2, -0.15) is 4.57 Å². The second kappa shape index (κ2) is 15.4. The summed E-state index contributed by atoms with van der Waals surface area (Å²) in [6, 6.07) is 2.76. The number of carbonyl (C=O) groups is 1. The van der Waals surface area contributed by atoms with Crippen molar-refractivity contribution in [3.05, 3.63) is 42.7 Å². The van der Waals surface area contributed by atoms with Crippen LogP contribution < -0.4 is 55.4 Å². The number of phosphoric ester groups is 3. The fourth-order valence-corrected chi connectivity index (χ4v) is 7.38. The molecule has 2 fully saturated rings. The van der Waals surface area contributed by atoms with Gasteiger partial charge in [0.25, 0.3) is 27.8 Å². The molecule has 0 saturated carbocycles. The van der Waals surface area contributed by atoms with Gasteiger partial charge in [-0.3, -0.25) is 23.0 Å². The molecule has 0 bridgehead atoms. The van der Waals surface area contributed by atoms with E-state index in [2.05, 4.69) is 32.8 Å². The molecule has 0 spiro atoms. The summed E-state index contributed by atoms with van der Waals surface area (Å²) in [6.07, 6.45) is -8.80. The molecule has 10 atom stereocenters. The van der Waals surface area contributed by atoms with Gasteiger partial charge in [0.1, 0.15) is 47.9 Å². The Morgan fingerprint density at radius 2 is 1.63 bits per heavy atom. The van der Waals surface area contributed by atoms with Crippen LogP contribution in [0.5, 0.6) is 0 Å². The van der Waals surface area contributed by atoms with E-state index < -0.39 is 91.7 Å². The molecule has 2 aliphatic rings. The van der Waals surface area contributed by atoms with Gasteiger partial charge in [0.2, 0.25) is 0 Å². The molecule has 28 heteroatoms. The number of carbonyl (C=O) groups excluding carboxylic acids is 1. The first kappa shape index (κ1) is 39.9. The maximum Gasteiger partial charge on any atom is 1.00 e. The van der Waals surface area contributed by atoms with Crippen molar-refractivity contribution >= 4 is 46.4 Å². The molecule has 2 unspecified atom stereocenters. The van der Waals surface area contributed by atoms with Gasteiger partial charge in [0, 0.05) is 6.07 Å². The number of aromatic nitrogens is 5. The fraction of sp³-hybridized carbons (Fsp3) is 0.476. The van der Waals surface area contributed by atoms with Crippen molar-refractivity contribution in [3.8, 4) is 0 Å². The molecule has 2 saturated heterocycles. The number of nitrogens with two attached hydrogens (primary N) is 2. The monoisotopic (exact) mass is 765 g/mol. The zero-order chi connectivity index (χ0) is 35.2. The van der Waals surface area contributed by atoms with Crippen LogP contribution in [0.2, 0.25) is 0 Å².